The van der Waals surface area contributed by atoms with E-state index in [1.807, 2.05) is 24.4 Å². The van der Waals surface area contributed by atoms with Gasteiger partial charge >= 0.3 is 11.9 Å². The maximum Gasteiger partial charge on any atom is 0.414 e. The molecule has 2 rings (SSSR count). The second kappa shape index (κ2) is 10.7. The van der Waals surface area contributed by atoms with Gasteiger partial charge in [-0.15, -0.1) is 0 Å². The average Bonchev–Trinajstić information content (AvgIpc) is 3.00. The molecule has 0 atom stereocenters. The van der Waals surface area contributed by atoms with Gasteiger partial charge in [0.1, 0.15) is 0 Å². The molecule has 2 aromatic rings. The van der Waals surface area contributed by atoms with Crippen molar-refractivity contribution in [1.82, 2.24) is 14.6 Å². The Morgan fingerprint density at radius 1 is 1.21 bits per heavy atom. The van der Waals surface area contributed by atoms with Gasteiger partial charge in [0.25, 0.3) is 0 Å². The Bertz CT molecular complexity index is 965. The third-order valence-electron chi connectivity index (χ3n) is 3.64. The minimum atomic E-state index is -3.40. The predicted molar refractivity (Wildman–Crippen MR) is 112 cm³/mol. The normalized spacial score (nSPS) is 11.8. The van der Waals surface area contributed by atoms with Crippen LogP contribution in [0.3, 0.4) is 0 Å². The van der Waals surface area contributed by atoms with E-state index in [1.54, 1.807) is 19.9 Å². The highest BCUT2D eigenvalue weighted by Crippen LogP contribution is 2.21. The van der Waals surface area contributed by atoms with E-state index in [0.29, 0.717) is 0 Å². The summed E-state index contributed by atoms with van der Waals surface area (Å²) in [5, 5.41) is 17.1. The van der Waals surface area contributed by atoms with Crippen molar-refractivity contribution in [3.8, 4) is 0 Å². The molecule has 4 N–H and O–H groups in total. The summed E-state index contributed by atoms with van der Waals surface area (Å²) in [4.78, 5) is 23.6. The number of nitrogens with one attached hydrogen (secondary N) is 2. The molecule has 0 amide bonds. The number of carbonyl (C=O) groups is 2. The number of likely N-dealkylation sites (N-methyl/N-ethyl adjacent to an activating group) is 1. The first-order valence-electron chi connectivity index (χ1n) is 8.82. The molecule has 10 heteroatoms. The molecule has 1 aromatic carbocycles. The minimum absolute atomic E-state index is 0.116. The van der Waals surface area contributed by atoms with Gasteiger partial charge in [0.05, 0.1) is 0 Å². The zero-order valence-electron chi connectivity index (χ0n) is 16.8. The zero-order chi connectivity index (χ0) is 22.2. The lowest BCUT2D eigenvalue weighted by molar-refractivity contribution is -0.159. The summed E-state index contributed by atoms with van der Waals surface area (Å²) < 4.78 is 26.3. The SMILES string of the molecule is CC(C)NS(=O)(=O)/C=C/c1ccc2[nH]cc(CCN(C)C)c2c1.O=C(O)C(=O)O. The van der Waals surface area contributed by atoms with Crippen LogP contribution in [0.25, 0.3) is 17.0 Å². The van der Waals surface area contributed by atoms with E-state index >= 15 is 0 Å². The number of hydrogen-bond donors (Lipinski definition) is 4. The zero-order valence-corrected chi connectivity index (χ0v) is 17.7. The Hall–Kier alpha value is -2.69. The second-order valence-electron chi connectivity index (χ2n) is 6.90. The third kappa shape index (κ3) is 8.90. The van der Waals surface area contributed by atoms with Crippen LogP contribution in [0.2, 0.25) is 0 Å². The summed E-state index contributed by atoms with van der Waals surface area (Å²) in [7, 11) is 0.707. The largest absolute Gasteiger partial charge is 0.473 e. The molecule has 1 aromatic heterocycles. The van der Waals surface area contributed by atoms with Gasteiger partial charge in [0, 0.05) is 35.1 Å². The predicted octanol–water partition coefficient (Wildman–Crippen LogP) is 1.73. The highest BCUT2D eigenvalue weighted by molar-refractivity contribution is 7.92. The highest BCUT2D eigenvalue weighted by atomic mass is 32.2. The van der Waals surface area contributed by atoms with Gasteiger partial charge in [-0.2, -0.15) is 0 Å². The van der Waals surface area contributed by atoms with Crippen molar-refractivity contribution in [3.05, 3.63) is 40.9 Å². The molecule has 1 heterocycles. The fourth-order valence-corrected chi connectivity index (χ4v) is 3.46. The van der Waals surface area contributed by atoms with Crippen molar-refractivity contribution in [2.24, 2.45) is 0 Å². The maximum absolute atomic E-state index is 11.9. The number of benzene rings is 1. The molecule has 0 bridgehead atoms. The van der Waals surface area contributed by atoms with Gasteiger partial charge in [-0.25, -0.2) is 22.7 Å². The molecule has 0 aliphatic rings. The molecule has 29 heavy (non-hydrogen) atoms. The van der Waals surface area contributed by atoms with Gasteiger partial charge < -0.3 is 20.1 Å². The van der Waals surface area contributed by atoms with E-state index in [9.17, 15) is 8.42 Å². The number of hydrogen-bond acceptors (Lipinski definition) is 5. The standard InChI is InChI=1S/C17H25N3O2S.C2H2O4/c1-13(2)19-23(21,22)10-8-14-5-6-17-16(11-14)15(12-18-17)7-9-20(3)4;3-1(4)2(5)6/h5-6,8,10-13,18-19H,7,9H2,1-4H3;(H,3,4)(H,5,6)/b10-8+;. The number of H-pyrrole nitrogens is 1. The lowest BCUT2D eigenvalue weighted by Gasteiger charge is -2.08. The Kier molecular flexibility index (Phi) is 9.02. The van der Waals surface area contributed by atoms with Crippen LogP contribution in [0.15, 0.2) is 29.8 Å². The molecule has 0 spiro atoms. The van der Waals surface area contributed by atoms with Crippen LogP contribution in [-0.4, -0.2) is 67.1 Å². The molecule has 0 radical (unpaired) electrons. The molecule has 0 fully saturated rings. The van der Waals surface area contributed by atoms with Crippen molar-refractivity contribution in [2.45, 2.75) is 26.3 Å². The topological polar surface area (TPSA) is 140 Å². The van der Waals surface area contributed by atoms with Crippen LogP contribution in [0.5, 0.6) is 0 Å². The molecule has 0 aliphatic heterocycles. The summed E-state index contributed by atoms with van der Waals surface area (Å²) in [5.74, 6) is -3.65. The Balaban J connectivity index is 0.000000612. The molecule has 9 nitrogen and oxygen atoms in total. The molecule has 0 aliphatic carbocycles. The van der Waals surface area contributed by atoms with E-state index in [0.717, 1.165) is 29.4 Å². The monoisotopic (exact) mass is 425 g/mol. The van der Waals surface area contributed by atoms with Crippen LogP contribution in [-0.2, 0) is 26.0 Å². The smallest absolute Gasteiger partial charge is 0.414 e. The summed E-state index contributed by atoms with van der Waals surface area (Å²) in [6, 6.07) is 5.81. The number of sulfonamides is 1. The molecule has 0 unspecified atom stereocenters. The van der Waals surface area contributed by atoms with Crippen molar-refractivity contribution in [3.63, 3.8) is 0 Å². The van der Waals surface area contributed by atoms with E-state index < -0.39 is 22.0 Å². The van der Waals surface area contributed by atoms with Gasteiger partial charge in [-0.05, 0) is 63.7 Å². The van der Waals surface area contributed by atoms with E-state index in [4.69, 9.17) is 19.8 Å². The molecule has 160 valence electrons. The Morgan fingerprint density at radius 3 is 2.34 bits per heavy atom. The number of carboxylic acids is 2. The number of carboxylic acid groups (broad SMARTS) is 2. The lowest BCUT2D eigenvalue weighted by atomic mass is 10.1. The number of fused-ring (bicyclic) bond motifs is 1. The van der Waals surface area contributed by atoms with Crippen molar-refractivity contribution < 1.29 is 28.2 Å². The Labute approximate surface area is 170 Å². The third-order valence-corrected chi connectivity index (χ3v) is 4.94. The molecule has 0 saturated heterocycles. The average molecular weight is 426 g/mol. The fourth-order valence-electron chi connectivity index (χ4n) is 2.39. The van der Waals surface area contributed by atoms with Crippen LogP contribution in [0.1, 0.15) is 25.0 Å². The molecular formula is C19H27N3O6S. The number of aromatic nitrogens is 1. The van der Waals surface area contributed by atoms with Crippen LogP contribution in [0.4, 0.5) is 0 Å². The lowest BCUT2D eigenvalue weighted by Crippen LogP contribution is -2.28. The maximum atomic E-state index is 11.9. The van der Waals surface area contributed by atoms with Gasteiger partial charge in [0.15, 0.2) is 0 Å². The molecule has 0 saturated carbocycles. The second-order valence-corrected chi connectivity index (χ2v) is 8.50. The summed E-state index contributed by atoms with van der Waals surface area (Å²) >= 11 is 0. The van der Waals surface area contributed by atoms with Crippen molar-refractivity contribution in [2.75, 3.05) is 20.6 Å². The number of aliphatic carboxylic acids is 2. The highest BCUT2D eigenvalue weighted by Gasteiger charge is 2.08. The van der Waals surface area contributed by atoms with E-state index in [2.05, 4.69) is 28.7 Å². The van der Waals surface area contributed by atoms with Crippen LogP contribution >= 0.6 is 0 Å². The van der Waals surface area contributed by atoms with Gasteiger partial charge in [-0.1, -0.05) is 6.07 Å². The van der Waals surface area contributed by atoms with E-state index in [1.165, 1.54) is 11.0 Å². The number of aromatic amines is 1. The fraction of sp³-hybridized carbons (Fsp3) is 0.368. The summed E-state index contributed by atoms with van der Waals surface area (Å²) in [6.45, 7) is 4.57. The van der Waals surface area contributed by atoms with Gasteiger partial charge in [-0.3, -0.25) is 0 Å². The first kappa shape index (κ1) is 24.3. The van der Waals surface area contributed by atoms with E-state index in [-0.39, 0.29) is 6.04 Å². The van der Waals surface area contributed by atoms with Gasteiger partial charge in [0.2, 0.25) is 10.0 Å². The quantitative estimate of drug-likeness (QED) is 0.495. The first-order chi connectivity index (χ1) is 13.4. The summed E-state index contributed by atoms with van der Waals surface area (Å²) in [6.07, 6.45) is 4.61. The van der Waals surface area contributed by atoms with Crippen molar-refractivity contribution in [1.29, 1.82) is 0 Å². The van der Waals surface area contributed by atoms with Crippen LogP contribution < -0.4 is 4.72 Å². The summed E-state index contributed by atoms with van der Waals surface area (Å²) in [5.41, 5.74) is 3.18. The Morgan fingerprint density at radius 2 is 1.83 bits per heavy atom. The first-order valence-corrected chi connectivity index (χ1v) is 10.4. The van der Waals surface area contributed by atoms with Crippen LogP contribution in [0, 0.1) is 0 Å². The van der Waals surface area contributed by atoms with Crippen molar-refractivity contribution >= 4 is 38.9 Å². The molecular weight excluding hydrogens is 398 g/mol. The number of rotatable bonds is 7. The minimum Gasteiger partial charge on any atom is -0.473 e. The number of nitrogens with zero attached hydrogens (tertiary/aromatic N) is 1.